The lowest BCUT2D eigenvalue weighted by Crippen LogP contribution is -2.40. The summed E-state index contributed by atoms with van der Waals surface area (Å²) in [5, 5.41) is 3.93. The Morgan fingerprint density at radius 3 is 2.55 bits per heavy atom. The molecule has 0 radical (unpaired) electrons. The van der Waals surface area contributed by atoms with Crippen molar-refractivity contribution < 1.29 is 32.2 Å². The van der Waals surface area contributed by atoms with Crippen molar-refractivity contribution in [3.05, 3.63) is 53.9 Å². The quantitative estimate of drug-likeness (QED) is 0.662. The van der Waals surface area contributed by atoms with Crippen LogP contribution in [0.25, 0.3) is 0 Å². The summed E-state index contributed by atoms with van der Waals surface area (Å²) in [6, 6.07) is 8.06. The molecule has 0 fully saturated rings. The molecule has 2 N–H and O–H groups in total. The molecule has 0 spiro atoms. The third-order valence-electron chi connectivity index (χ3n) is 3.52. The predicted octanol–water partition coefficient (Wildman–Crippen LogP) is 2.47. The van der Waals surface area contributed by atoms with Gasteiger partial charge < -0.3 is 20.1 Å². The first-order valence-corrected chi connectivity index (χ1v) is 8.68. The molecule has 0 aliphatic rings. The molecule has 0 unspecified atom stereocenters. The smallest absolute Gasteiger partial charge is 0.405 e. The summed E-state index contributed by atoms with van der Waals surface area (Å²) in [5.74, 6) is -0.843. The highest BCUT2D eigenvalue weighted by atomic mass is 19.4. The van der Waals surface area contributed by atoms with Gasteiger partial charge in [0.2, 0.25) is 5.91 Å². The molecule has 1 aromatic carbocycles. The first-order valence-electron chi connectivity index (χ1n) is 8.68. The van der Waals surface area contributed by atoms with Crippen LogP contribution in [0.1, 0.15) is 22.8 Å². The van der Waals surface area contributed by atoms with Crippen molar-refractivity contribution in [1.82, 2.24) is 15.6 Å². The molecular formula is C19H20F3N3O4. The second-order valence-corrected chi connectivity index (χ2v) is 5.82. The monoisotopic (exact) mass is 411 g/mol. The number of aromatic nitrogens is 1. The highest BCUT2D eigenvalue weighted by Gasteiger charge is 2.27. The SMILES string of the molecule is CCOc1cc(C(=O)NCC(=O)NCC(F)(F)F)ccc1OCc1cccnc1. The minimum Gasteiger partial charge on any atom is -0.490 e. The van der Waals surface area contributed by atoms with Gasteiger partial charge in [0, 0.05) is 23.5 Å². The number of alkyl halides is 3. The zero-order valence-corrected chi connectivity index (χ0v) is 15.6. The van der Waals surface area contributed by atoms with E-state index in [2.05, 4.69) is 10.3 Å². The number of carbonyl (C=O) groups is 2. The molecule has 2 rings (SSSR count). The third kappa shape index (κ3) is 7.68. The van der Waals surface area contributed by atoms with Gasteiger partial charge in [-0.25, -0.2) is 0 Å². The number of ether oxygens (including phenoxy) is 2. The molecule has 0 saturated carbocycles. The molecule has 10 heteroatoms. The highest BCUT2D eigenvalue weighted by Crippen LogP contribution is 2.29. The summed E-state index contributed by atoms with van der Waals surface area (Å²) in [5.41, 5.74) is 1.02. The number of nitrogens with zero attached hydrogens (tertiary/aromatic N) is 1. The van der Waals surface area contributed by atoms with Crippen molar-refractivity contribution in [2.75, 3.05) is 19.7 Å². The molecule has 156 valence electrons. The average molecular weight is 411 g/mol. The molecule has 0 bridgehead atoms. The van der Waals surface area contributed by atoms with Crippen molar-refractivity contribution in [3.8, 4) is 11.5 Å². The summed E-state index contributed by atoms with van der Waals surface area (Å²) in [7, 11) is 0. The zero-order chi connectivity index (χ0) is 21.3. The maximum absolute atomic E-state index is 12.2. The number of benzene rings is 1. The van der Waals surface area contributed by atoms with E-state index >= 15 is 0 Å². The fraction of sp³-hybridized carbons (Fsp3) is 0.316. The fourth-order valence-electron chi connectivity index (χ4n) is 2.21. The molecule has 1 heterocycles. The van der Waals surface area contributed by atoms with E-state index in [0.29, 0.717) is 18.1 Å². The van der Waals surface area contributed by atoms with Crippen LogP contribution in [0, 0.1) is 0 Å². The predicted molar refractivity (Wildman–Crippen MR) is 97.6 cm³/mol. The van der Waals surface area contributed by atoms with E-state index in [1.165, 1.54) is 12.1 Å². The maximum atomic E-state index is 12.2. The maximum Gasteiger partial charge on any atom is 0.405 e. The van der Waals surface area contributed by atoms with Crippen LogP contribution in [-0.2, 0) is 11.4 Å². The molecule has 0 saturated heterocycles. The van der Waals surface area contributed by atoms with Gasteiger partial charge in [-0.15, -0.1) is 0 Å². The van der Waals surface area contributed by atoms with Crippen LogP contribution in [0.3, 0.4) is 0 Å². The van der Waals surface area contributed by atoms with Crippen LogP contribution in [0.15, 0.2) is 42.7 Å². The van der Waals surface area contributed by atoms with Crippen LogP contribution in [0.5, 0.6) is 11.5 Å². The minimum absolute atomic E-state index is 0.172. The van der Waals surface area contributed by atoms with E-state index in [1.807, 2.05) is 6.07 Å². The Morgan fingerprint density at radius 2 is 1.90 bits per heavy atom. The van der Waals surface area contributed by atoms with Gasteiger partial charge in [-0.3, -0.25) is 14.6 Å². The topological polar surface area (TPSA) is 89.5 Å². The Balaban J connectivity index is 1.97. The largest absolute Gasteiger partial charge is 0.490 e. The molecule has 2 amide bonds. The molecule has 0 aliphatic carbocycles. The summed E-state index contributed by atoms with van der Waals surface area (Å²) in [6.07, 6.45) is -1.21. The fourth-order valence-corrected chi connectivity index (χ4v) is 2.21. The summed E-state index contributed by atoms with van der Waals surface area (Å²) in [4.78, 5) is 27.6. The van der Waals surface area contributed by atoms with Crippen LogP contribution < -0.4 is 20.1 Å². The lowest BCUT2D eigenvalue weighted by atomic mass is 10.2. The van der Waals surface area contributed by atoms with Crippen LogP contribution in [0.4, 0.5) is 13.2 Å². The Labute approximate surface area is 165 Å². The van der Waals surface area contributed by atoms with Gasteiger partial charge in [-0.05, 0) is 31.2 Å². The van der Waals surface area contributed by atoms with Gasteiger partial charge in [0.1, 0.15) is 13.2 Å². The zero-order valence-electron chi connectivity index (χ0n) is 15.6. The normalized spacial score (nSPS) is 10.9. The standard InChI is InChI=1S/C19H20F3N3O4/c1-2-28-16-8-14(18(27)24-10-17(26)25-12-19(20,21)22)5-6-15(16)29-11-13-4-3-7-23-9-13/h3-9H,2,10-12H2,1H3,(H,24,27)(H,25,26). The van der Waals surface area contributed by atoms with Crippen LogP contribution in [-0.4, -0.2) is 42.7 Å². The van der Waals surface area contributed by atoms with Crippen LogP contribution >= 0.6 is 0 Å². The van der Waals surface area contributed by atoms with Crippen molar-refractivity contribution in [1.29, 1.82) is 0 Å². The van der Waals surface area contributed by atoms with E-state index in [0.717, 1.165) is 5.56 Å². The number of nitrogens with one attached hydrogen (secondary N) is 2. The number of hydrogen-bond donors (Lipinski definition) is 2. The number of rotatable bonds is 9. The second kappa shape index (κ2) is 10.3. The lowest BCUT2D eigenvalue weighted by molar-refractivity contribution is -0.137. The first-order chi connectivity index (χ1) is 13.8. The summed E-state index contributed by atoms with van der Waals surface area (Å²) in [6.45, 7) is 0.299. The highest BCUT2D eigenvalue weighted by molar-refractivity contribution is 5.97. The molecule has 0 atom stereocenters. The Morgan fingerprint density at radius 1 is 1.10 bits per heavy atom. The molecular weight excluding hydrogens is 391 g/mol. The Kier molecular flexibility index (Phi) is 7.81. The van der Waals surface area contributed by atoms with E-state index in [4.69, 9.17) is 9.47 Å². The van der Waals surface area contributed by atoms with E-state index < -0.39 is 31.1 Å². The van der Waals surface area contributed by atoms with Crippen molar-refractivity contribution >= 4 is 11.8 Å². The molecule has 7 nitrogen and oxygen atoms in total. The van der Waals surface area contributed by atoms with E-state index in [-0.39, 0.29) is 12.2 Å². The molecule has 29 heavy (non-hydrogen) atoms. The number of pyridine rings is 1. The summed E-state index contributed by atoms with van der Waals surface area (Å²) < 4.78 is 47.4. The number of carbonyl (C=O) groups excluding carboxylic acids is 2. The number of amides is 2. The Hall–Kier alpha value is -3.30. The molecule has 1 aromatic heterocycles. The average Bonchev–Trinajstić information content (AvgIpc) is 2.70. The van der Waals surface area contributed by atoms with E-state index in [9.17, 15) is 22.8 Å². The minimum atomic E-state index is -4.52. The first kappa shape index (κ1) is 22.0. The molecule has 0 aliphatic heterocycles. The van der Waals surface area contributed by atoms with E-state index in [1.54, 1.807) is 36.8 Å². The Bertz CT molecular complexity index is 829. The van der Waals surface area contributed by atoms with Crippen LogP contribution in [0.2, 0.25) is 0 Å². The third-order valence-corrected chi connectivity index (χ3v) is 3.52. The number of hydrogen-bond acceptors (Lipinski definition) is 5. The van der Waals surface area contributed by atoms with Crippen molar-refractivity contribution in [3.63, 3.8) is 0 Å². The van der Waals surface area contributed by atoms with Crippen molar-refractivity contribution in [2.45, 2.75) is 19.7 Å². The van der Waals surface area contributed by atoms with Gasteiger partial charge in [0.25, 0.3) is 5.91 Å². The van der Waals surface area contributed by atoms with Gasteiger partial charge >= 0.3 is 6.18 Å². The molecule has 2 aromatic rings. The van der Waals surface area contributed by atoms with Gasteiger partial charge in [-0.1, -0.05) is 6.07 Å². The van der Waals surface area contributed by atoms with Crippen molar-refractivity contribution in [2.24, 2.45) is 0 Å². The van der Waals surface area contributed by atoms with Gasteiger partial charge in [-0.2, -0.15) is 13.2 Å². The lowest BCUT2D eigenvalue weighted by Gasteiger charge is -2.13. The number of halogens is 3. The van der Waals surface area contributed by atoms with Gasteiger partial charge in [0.05, 0.1) is 13.2 Å². The second-order valence-electron chi connectivity index (χ2n) is 5.82. The van der Waals surface area contributed by atoms with Gasteiger partial charge in [0.15, 0.2) is 11.5 Å². The summed E-state index contributed by atoms with van der Waals surface area (Å²) >= 11 is 0.